The summed E-state index contributed by atoms with van der Waals surface area (Å²) in [5.74, 6) is 0. The number of hydrogen-bond donors (Lipinski definition) is 2. The van der Waals surface area contributed by atoms with Crippen LogP contribution in [0.4, 0.5) is 0 Å². The lowest BCUT2D eigenvalue weighted by atomic mass is 9.96. The summed E-state index contributed by atoms with van der Waals surface area (Å²) in [5.41, 5.74) is 1.65. The lowest BCUT2D eigenvalue weighted by Crippen LogP contribution is -2.25. The smallest absolute Gasteiger partial charge is 0.207 e. The minimum atomic E-state index is -0.765. The first kappa shape index (κ1) is 12.3. The molecule has 2 N–H and O–H groups in total. The molecule has 0 heterocycles. The van der Waals surface area contributed by atoms with Crippen LogP contribution in [0, 0.1) is 0 Å². The van der Waals surface area contributed by atoms with Crippen molar-refractivity contribution in [3.63, 3.8) is 0 Å². The molecule has 1 amide bonds. The predicted molar refractivity (Wildman–Crippen MR) is 69.8 cm³/mol. The molecule has 0 saturated heterocycles. The van der Waals surface area contributed by atoms with E-state index in [-0.39, 0.29) is 0 Å². The summed E-state index contributed by atoms with van der Waals surface area (Å²) in [7, 11) is 0. The molecule has 2 atom stereocenters. The molecule has 0 bridgehead atoms. The Labute approximate surface area is 106 Å². The normalized spacial score (nSPS) is 13.6. The van der Waals surface area contributed by atoms with Gasteiger partial charge >= 0.3 is 0 Å². The maximum atomic E-state index is 10.7. The second-order valence-electron chi connectivity index (χ2n) is 4.03. The number of carbonyl (C=O) groups is 1. The highest BCUT2D eigenvalue weighted by molar-refractivity contribution is 5.48. The first-order valence-corrected chi connectivity index (χ1v) is 5.80. The quantitative estimate of drug-likeness (QED) is 0.788. The van der Waals surface area contributed by atoms with Gasteiger partial charge in [-0.1, -0.05) is 60.7 Å². The molecule has 0 aromatic heterocycles. The fourth-order valence-corrected chi connectivity index (χ4v) is 1.95. The van der Waals surface area contributed by atoms with Crippen molar-refractivity contribution in [2.24, 2.45) is 0 Å². The third kappa shape index (κ3) is 2.76. The van der Waals surface area contributed by atoms with Crippen LogP contribution in [-0.4, -0.2) is 11.5 Å². The van der Waals surface area contributed by atoms with Gasteiger partial charge < -0.3 is 10.4 Å². The van der Waals surface area contributed by atoms with Gasteiger partial charge in [0.15, 0.2) is 0 Å². The molecule has 2 rings (SSSR count). The van der Waals surface area contributed by atoms with Crippen LogP contribution in [0.25, 0.3) is 0 Å². The van der Waals surface area contributed by atoms with Gasteiger partial charge in [0.1, 0.15) is 6.10 Å². The van der Waals surface area contributed by atoms with E-state index in [4.69, 9.17) is 0 Å². The highest BCUT2D eigenvalue weighted by Crippen LogP contribution is 2.27. The molecule has 0 radical (unpaired) electrons. The van der Waals surface area contributed by atoms with Gasteiger partial charge in [0, 0.05) is 0 Å². The molecule has 92 valence electrons. The molecule has 0 aliphatic heterocycles. The number of rotatable bonds is 5. The van der Waals surface area contributed by atoms with E-state index in [2.05, 4.69) is 5.32 Å². The Bertz CT molecular complexity index is 484. The lowest BCUT2D eigenvalue weighted by molar-refractivity contribution is -0.111. The zero-order chi connectivity index (χ0) is 12.8. The summed E-state index contributed by atoms with van der Waals surface area (Å²) in [6.07, 6.45) is -0.150. The first-order valence-electron chi connectivity index (χ1n) is 5.80. The van der Waals surface area contributed by atoms with E-state index >= 15 is 0 Å². The van der Waals surface area contributed by atoms with Crippen molar-refractivity contribution in [2.45, 2.75) is 12.1 Å². The number of benzene rings is 2. The van der Waals surface area contributed by atoms with E-state index < -0.39 is 12.1 Å². The zero-order valence-corrected chi connectivity index (χ0v) is 9.86. The molecule has 2 aromatic rings. The minimum absolute atomic E-state index is 0.439. The van der Waals surface area contributed by atoms with Crippen LogP contribution < -0.4 is 5.32 Å². The lowest BCUT2D eigenvalue weighted by Gasteiger charge is -2.23. The van der Waals surface area contributed by atoms with Gasteiger partial charge in [0.25, 0.3) is 0 Å². The van der Waals surface area contributed by atoms with Crippen molar-refractivity contribution in [3.05, 3.63) is 71.8 Å². The Morgan fingerprint density at radius 1 is 0.889 bits per heavy atom. The van der Waals surface area contributed by atoms with E-state index in [0.717, 1.165) is 11.1 Å². The van der Waals surface area contributed by atoms with E-state index in [0.29, 0.717) is 6.41 Å². The maximum Gasteiger partial charge on any atom is 0.207 e. The molecule has 18 heavy (non-hydrogen) atoms. The third-order valence-electron chi connectivity index (χ3n) is 2.86. The molecule has 0 spiro atoms. The van der Waals surface area contributed by atoms with E-state index in [1.54, 1.807) is 0 Å². The van der Waals surface area contributed by atoms with Crippen molar-refractivity contribution >= 4 is 6.41 Å². The monoisotopic (exact) mass is 241 g/mol. The summed E-state index contributed by atoms with van der Waals surface area (Å²) < 4.78 is 0. The molecule has 3 heteroatoms. The standard InChI is InChI=1S/C15H15NO2/c17-11-16-14(12-7-3-1-4-8-12)15(18)13-9-5-2-6-10-13/h1-11,14-15,18H,(H,16,17)/t14-,15-/m1/s1. The fourth-order valence-electron chi connectivity index (χ4n) is 1.95. The Morgan fingerprint density at radius 2 is 1.39 bits per heavy atom. The van der Waals surface area contributed by atoms with Gasteiger partial charge in [-0.3, -0.25) is 4.79 Å². The van der Waals surface area contributed by atoms with Gasteiger partial charge in [-0.15, -0.1) is 0 Å². The van der Waals surface area contributed by atoms with Crippen molar-refractivity contribution in [3.8, 4) is 0 Å². The molecule has 0 aliphatic rings. The fraction of sp³-hybridized carbons (Fsp3) is 0.133. The molecule has 0 aliphatic carbocycles. The van der Waals surface area contributed by atoms with Gasteiger partial charge in [-0.05, 0) is 11.1 Å². The van der Waals surface area contributed by atoms with Crippen LogP contribution in [-0.2, 0) is 4.79 Å². The van der Waals surface area contributed by atoms with Crippen LogP contribution in [0.15, 0.2) is 60.7 Å². The van der Waals surface area contributed by atoms with Crippen molar-refractivity contribution < 1.29 is 9.90 Å². The highest BCUT2D eigenvalue weighted by Gasteiger charge is 2.21. The molecular formula is C15H15NO2. The van der Waals surface area contributed by atoms with Crippen molar-refractivity contribution in [1.29, 1.82) is 0 Å². The van der Waals surface area contributed by atoms with Crippen LogP contribution in [0.5, 0.6) is 0 Å². The maximum absolute atomic E-state index is 10.7. The molecule has 0 unspecified atom stereocenters. The number of aliphatic hydroxyl groups is 1. The average Bonchev–Trinajstić information content (AvgIpc) is 2.46. The van der Waals surface area contributed by atoms with Gasteiger partial charge in [0.05, 0.1) is 6.04 Å². The molecule has 3 nitrogen and oxygen atoms in total. The minimum Gasteiger partial charge on any atom is -0.386 e. The average molecular weight is 241 g/mol. The first-order chi connectivity index (χ1) is 8.83. The summed E-state index contributed by atoms with van der Waals surface area (Å²) in [6.45, 7) is 0. The van der Waals surface area contributed by atoms with Gasteiger partial charge in [-0.25, -0.2) is 0 Å². The number of carbonyl (C=O) groups excluding carboxylic acids is 1. The van der Waals surface area contributed by atoms with E-state index in [1.165, 1.54) is 0 Å². The second-order valence-corrected chi connectivity index (χ2v) is 4.03. The number of nitrogens with one attached hydrogen (secondary N) is 1. The van der Waals surface area contributed by atoms with Gasteiger partial charge in [0.2, 0.25) is 6.41 Å². The van der Waals surface area contributed by atoms with Crippen LogP contribution >= 0.6 is 0 Å². The topological polar surface area (TPSA) is 49.3 Å². The Balaban J connectivity index is 2.28. The predicted octanol–water partition coefficient (Wildman–Crippen LogP) is 2.21. The van der Waals surface area contributed by atoms with Crippen LogP contribution in [0.3, 0.4) is 0 Å². The summed E-state index contributed by atoms with van der Waals surface area (Å²) in [6, 6.07) is 18.3. The third-order valence-corrected chi connectivity index (χ3v) is 2.86. The van der Waals surface area contributed by atoms with Gasteiger partial charge in [-0.2, -0.15) is 0 Å². The number of hydrogen-bond acceptors (Lipinski definition) is 2. The Kier molecular flexibility index (Phi) is 4.10. The highest BCUT2D eigenvalue weighted by atomic mass is 16.3. The number of amides is 1. The summed E-state index contributed by atoms with van der Waals surface area (Å²) in [4.78, 5) is 10.7. The number of aliphatic hydroxyl groups excluding tert-OH is 1. The molecule has 0 saturated carbocycles. The van der Waals surface area contributed by atoms with Crippen LogP contribution in [0.1, 0.15) is 23.3 Å². The molecule has 0 fully saturated rings. The van der Waals surface area contributed by atoms with E-state index in [1.807, 2.05) is 60.7 Å². The van der Waals surface area contributed by atoms with Crippen LogP contribution in [0.2, 0.25) is 0 Å². The summed E-state index contributed by atoms with van der Waals surface area (Å²) in [5, 5.41) is 13.0. The van der Waals surface area contributed by atoms with E-state index in [9.17, 15) is 9.90 Å². The second kappa shape index (κ2) is 5.98. The Morgan fingerprint density at radius 3 is 1.89 bits per heavy atom. The SMILES string of the molecule is O=CN[C@H](c1ccccc1)[C@H](O)c1ccccc1. The summed E-state index contributed by atoms with van der Waals surface area (Å²) >= 11 is 0. The Hall–Kier alpha value is -2.13. The molecule has 2 aromatic carbocycles. The molecular weight excluding hydrogens is 226 g/mol. The zero-order valence-electron chi connectivity index (χ0n) is 9.86. The van der Waals surface area contributed by atoms with Crippen molar-refractivity contribution in [1.82, 2.24) is 5.32 Å². The largest absolute Gasteiger partial charge is 0.386 e. The van der Waals surface area contributed by atoms with Crippen molar-refractivity contribution in [2.75, 3.05) is 0 Å².